The number of rotatable bonds is 5. The van der Waals surface area contributed by atoms with E-state index in [0.29, 0.717) is 0 Å². The molecule has 0 aliphatic carbocycles. The molecule has 0 radical (unpaired) electrons. The molecular weight excluding hydrogens is 251 g/mol. The summed E-state index contributed by atoms with van der Waals surface area (Å²) in [6.07, 6.45) is 2.35. The average Bonchev–Trinajstić information content (AvgIpc) is 2.45. The number of nitrogens with one attached hydrogen (secondary N) is 1. The molecule has 0 bridgehead atoms. The van der Waals surface area contributed by atoms with E-state index in [0.717, 1.165) is 49.3 Å². The minimum Gasteiger partial charge on any atom is -0.369 e. The lowest BCUT2D eigenvalue weighted by atomic mass is 9.86. The standard InChI is InChI=1S/C17H27FN2/c1-4-19-12-14-5-6-17(16(18)11-14)20-9-7-15(8-10-20)13(2)3/h5-6,11,13,15,19H,4,7-10,12H2,1-3H3. The molecule has 1 N–H and O–H groups in total. The molecule has 0 atom stereocenters. The maximum Gasteiger partial charge on any atom is 0.146 e. The van der Waals surface area contributed by atoms with Crippen molar-refractivity contribution in [2.24, 2.45) is 11.8 Å². The zero-order valence-electron chi connectivity index (χ0n) is 13.0. The fourth-order valence-electron chi connectivity index (χ4n) is 2.99. The Labute approximate surface area is 122 Å². The van der Waals surface area contributed by atoms with Crippen molar-refractivity contribution in [2.75, 3.05) is 24.5 Å². The van der Waals surface area contributed by atoms with Gasteiger partial charge in [-0.25, -0.2) is 4.39 Å². The van der Waals surface area contributed by atoms with Crippen LogP contribution in [0.5, 0.6) is 0 Å². The number of halogens is 1. The van der Waals surface area contributed by atoms with Crippen molar-refractivity contribution >= 4 is 5.69 Å². The highest BCUT2D eigenvalue weighted by Crippen LogP contribution is 2.29. The van der Waals surface area contributed by atoms with Crippen LogP contribution in [0, 0.1) is 17.7 Å². The Balaban J connectivity index is 1.99. The predicted molar refractivity (Wildman–Crippen MR) is 83.6 cm³/mol. The Kier molecular flexibility index (Phi) is 5.41. The van der Waals surface area contributed by atoms with Gasteiger partial charge in [-0.15, -0.1) is 0 Å². The van der Waals surface area contributed by atoms with Crippen LogP contribution in [0.15, 0.2) is 18.2 Å². The molecule has 1 fully saturated rings. The number of piperidine rings is 1. The van der Waals surface area contributed by atoms with Crippen LogP contribution in [-0.2, 0) is 6.54 Å². The van der Waals surface area contributed by atoms with Crippen molar-refractivity contribution in [3.8, 4) is 0 Å². The molecule has 2 nitrogen and oxygen atoms in total. The molecule has 0 saturated carbocycles. The molecule has 112 valence electrons. The minimum absolute atomic E-state index is 0.0802. The van der Waals surface area contributed by atoms with E-state index in [2.05, 4.69) is 31.0 Å². The normalized spacial score (nSPS) is 16.9. The monoisotopic (exact) mass is 278 g/mol. The van der Waals surface area contributed by atoms with E-state index >= 15 is 0 Å². The quantitative estimate of drug-likeness (QED) is 0.881. The van der Waals surface area contributed by atoms with Gasteiger partial charge in [0, 0.05) is 19.6 Å². The summed E-state index contributed by atoms with van der Waals surface area (Å²) in [7, 11) is 0. The zero-order chi connectivity index (χ0) is 14.5. The number of nitrogens with zero attached hydrogens (tertiary/aromatic N) is 1. The van der Waals surface area contributed by atoms with E-state index in [9.17, 15) is 4.39 Å². The molecule has 0 aromatic heterocycles. The molecule has 1 heterocycles. The second-order valence-corrected chi connectivity index (χ2v) is 6.13. The van der Waals surface area contributed by atoms with E-state index in [1.165, 1.54) is 12.8 Å². The van der Waals surface area contributed by atoms with Gasteiger partial charge in [0.2, 0.25) is 0 Å². The molecule has 1 aliphatic rings. The largest absolute Gasteiger partial charge is 0.369 e. The van der Waals surface area contributed by atoms with Crippen LogP contribution >= 0.6 is 0 Å². The van der Waals surface area contributed by atoms with Crippen LogP contribution in [0.1, 0.15) is 39.2 Å². The Bertz CT molecular complexity index is 423. The van der Waals surface area contributed by atoms with E-state index in [-0.39, 0.29) is 5.82 Å². The summed E-state index contributed by atoms with van der Waals surface area (Å²) >= 11 is 0. The third kappa shape index (κ3) is 3.72. The van der Waals surface area contributed by atoms with Crippen molar-refractivity contribution in [3.05, 3.63) is 29.6 Å². The van der Waals surface area contributed by atoms with Gasteiger partial charge < -0.3 is 10.2 Å². The summed E-state index contributed by atoms with van der Waals surface area (Å²) in [6.45, 7) is 10.2. The minimum atomic E-state index is -0.0802. The van der Waals surface area contributed by atoms with E-state index in [1.54, 1.807) is 6.07 Å². The molecule has 3 heteroatoms. The Morgan fingerprint density at radius 1 is 1.30 bits per heavy atom. The number of hydrogen-bond donors (Lipinski definition) is 1. The van der Waals surface area contributed by atoms with Gasteiger partial charge in [-0.2, -0.15) is 0 Å². The SMILES string of the molecule is CCNCc1ccc(N2CCC(C(C)C)CC2)c(F)c1. The summed E-state index contributed by atoms with van der Waals surface area (Å²) in [6, 6.07) is 5.65. The smallest absolute Gasteiger partial charge is 0.146 e. The first kappa shape index (κ1) is 15.3. The van der Waals surface area contributed by atoms with Gasteiger partial charge in [-0.1, -0.05) is 26.8 Å². The highest BCUT2D eigenvalue weighted by Gasteiger charge is 2.23. The van der Waals surface area contributed by atoms with Gasteiger partial charge in [0.05, 0.1) is 5.69 Å². The molecule has 1 aromatic rings. The van der Waals surface area contributed by atoms with Gasteiger partial charge in [-0.05, 0) is 48.9 Å². The first-order valence-electron chi connectivity index (χ1n) is 7.86. The van der Waals surface area contributed by atoms with Gasteiger partial charge in [0.1, 0.15) is 5.82 Å². The fraction of sp³-hybridized carbons (Fsp3) is 0.647. The Morgan fingerprint density at radius 2 is 2.00 bits per heavy atom. The van der Waals surface area contributed by atoms with Crippen LogP contribution in [0.4, 0.5) is 10.1 Å². The van der Waals surface area contributed by atoms with Crippen LogP contribution in [0.25, 0.3) is 0 Å². The summed E-state index contributed by atoms with van der Waals surface area (Å²) < 4.78 is 14.2. The molecule has 1 saturated heterocycles. The van der Waals surface area contributed by atoms with Crippen LogP contribution < -0.4 is 10.2 Å². The molecule has 0 amide bonds. The van der Waals surface area contributed by atoms with Crippen molar-refractivity contribution in [1.29, 1.82) is 0 Å². The van der Waals surface area contributed by atoms with Crippen LogP contribution in [0.2, 0.25) is 0 Å². The molecule has 0 unspecified atom stereocenters. The lowest BCUT2D eigenvalue weighted by molar-refractivity contribution is 0.310. The average molecular weight is 278 g/mol. The second-order valence-electron chi connectivity index (χ2n) is 6.13. The fourth-order valence-corrected chi connectivity index (χ4v) is 2.99. The maximum absolute atomic E-state index is 14.2. The van der Waals surface area contributed by atoms with Crippen LogP contribution in [-0.4, -0.2) is 19.6 Å². The summed E-state index contributed by atoms with van der Waals surface area (Å²) in [4.78, 5) is 2.20. The summed E-state index contributed by atoms with van der Waals surface area (Å²) in [5, 5.41) is 3.23. The lowest BCUT2D eigenvalue weighted by Gasteiger charge is -2.35. The highest BCUT2D eigenvalue weighted by atomic mass is 19.1. The molecule has 0 spiro atoms. The maximum atomic E-state index is 14.2. The third-order valence-electron chi connectivity index (χ3n) is 4.41. The van der Waals surface area contributed by atoms with Gasteiger partial charge in [0.15, 0.2) is 0 Å². The Morgan fingerprint density at radius 3 is 2.55 bits per heavy atom. The van der Waals surface area contributed by atoms with Gasteiger partial charge in [0.25, 0.3) is 0 Å². The van der Waals surface area contributed by atoms with Crippen molar-refractivity contribution in [3.63, 3.8) is 0 Å². The molecule has 20 heavy (non-hydrogen) atoms. The molecule has 1 aromatic carbocycles. The van der Waals surface area contributed by atoms with E-state index < -0.39 is 0 Å². The van der Waals surface area contributed by atoms with Gasteiger partial charge >= 0.3 is 0 Å². The van der Waals surface area contributed by atoms with Crippen molar-refractivity contribution in [2.45, 2.75) is 40.2 Å². The topological polar surface area (TPSA) is 15.3 Å². The molecule has 2 rings (SSSR count). The first-order chi connectivity index (χ1) is 9.61. The summed E-state index contributed by atoms with van der Waals surface area (Å²) in [5.74, 6) is 1.45. The van der Waals surface area contributed by atoms with Gasteiger partial charge in [-0.3, -0.25) is 0 Å². The van der Waals surface area contributed by atoms with Crippen molar-refractivity contribution in [1.82, 2.24) is 5.32 Å². The highest BCUT2D eigenvalue weighted by molar-refractivity contribution is 5.49. The van der Waals surface area contributed by atoms with E-state index in [4.69, 9.17) is 0 Å². The van der Waals surface area contributed by atoms with Crippen LogP contribution in [0.3, 0.4) is 0 Å². The summed E-state index contributed by atoms with van der Waals surface area (Å²) in [5.41, 5.74) is 1.79. The number of anilines is 1. The first-order valence-corrected chi connectivity index (χ1v) is 7.86. The molecular formula is C17H27FN2. The molecule has 1 aliphatic heterocycles. The second kappa shape index (κ2) is 7.07. The third-order valence-corrected chi connectivity index (χ3v) is 4.41. The number of hydrogen-bond acceptors (Lipinski definition) is 2. The predicted octanol–water partition coefficient (Wildman–Crippen LogP) is 3.81. The Hall–Kier alpha value is -1.09. The van der Waals surface area contributed by atoms with Crippen molar-refractivity contribution < 1.29 is 4.39 Å². The van der Waals surface area contributed by atoms with E-state index in [1.807, 2.05) is 12.1 Å². The lowest BCUT2D eigenvalue weighted by Crippen LogP contribution is -2.35. The number of benzene rings is 1. The zero-order valence-corrected chi connectivity index (χ0v) is 13.0.